The Hall–Kier alpha value is -1.12. The van der Waals surface area contributed by atoms with Crippen LogP contribution in [0.2, 0.25) is 0 Å². The third kappa shape index (κ3) is 3.46. The van der Waals surface area contributed by atoms with E-state index in [0.29, 0.717) is 0 Å². The molecule has 3 heteroatoms. The van der Waals surface area contributed by atoms with Gasteiger partial charge < -0.3 is 0 Å². The van der Waals surface area contributed by atoms with E-state index in [1.807, 2.05) is 0 Å². The average molecular weight is 127 g/mol. The Morgan fingerprint density at radius 3 is 2.22 bits per heavy atom. The molecule has 0 saturated heterocycles. The standard InChI is InChI=1S/C6H9NO2/c1-5(2)4-6(3)7(8)9/h4H,3H2,1-2H3. The number of allylic oxidation sites excluding steroid dienone is 2. The normalized spacial score (nSPS) is 8.22. The first kappa shape index (κ1) is 7.88. The molecular weight excluding hydrogens is 118 g/mol. The minimum absolute atomic E-state index is 0.0602. The zero-order valence-corrected chi connectivity index (χ0v) is 5.55. The minimum Gasteiger partial charge on any atom is -0.258 e. The highest BCUT2D eigenvalue weighted by atomic mass is 16.6. The molecule has 50 valence electrons. The third-order valence-electron chi connectivity index (χ3n) is 0.690. The highest BCUT2D eigenvalue weighted by molar-refractivity contribution is 5.10. The molecule has 0 N–H and O–H groups in total. The van der Waals surface area contributed by atoms with Gasteiger partial charge in [0, 0.05) is 6.08 Å². The minimum atomic E-state index is -0.507. The predicted molar refractivity (Wildman–Crippen MR) is 35.6 cm³/mol. The van der Waals surface area contributed by atoms with Gasteiger partial charge >= 0.3 is 0 Å². The Morgan fingerprint density at radius 1 is 1.67 bits per heavy atom. The van der Waals surface area contributed by atoms with Gasteiger partial charge in [-0.1, -0.05) is 5.57 Å². The third-order valence-corrected chi connectivity index (χ3v) is 0.690. The SMILES string of the molecule is C=C(C=C(C)C)[N+](=O)[O-]. The van der Waals surface area contributed by atoms with Crippen molar-refractivity contribution in [1.29, 1.82) is 0 Å². The number of nitrogens with zero attached hydrogens (tertiary/aromatic N) is 1. The first-order chi connectivity index (χ1) is 4.04. The van der Waals surface area contributed by atoms with Crippen molar-refractivity contribution in [2.75, 3.05) is 0 Å². The Balaban J connectivity index is 4.09. The molecule has 0 aliphatic heterocycles. The van der Waals surface area contributed by atoms with Crippen molar-refractivity contribution in [2.24, 2.45) is 0 Å². The van der Waals surface area contributed by atoms with Crippen LogP contribution in [0.4, 0.5) is 0 Å². The fourth-order valence-corrected chi connectivity index (χ4v) is 0.386. The maximum atomic E-state index is 9.90. The van der Waals surface area contributed by atoms with E-state index < -0.39 is 4.92 Å². The Morgan fingerprint density at radius 2 is 2.11 bits per heavy atom. The molecule has 0 aliphatic rings. The van der Waals surface area contributed by atoms with Crippen molar-refractivity contribution in [1.82, 2.24) is 0 Å². The molecule has 0 amide bonds. The van der Waals surface area contributed by atoms with Crippen LogP contribution in [0, 0.1) is 10.1 Å². The van der Waals surface area contributed by atoms with Crippen LogP contribution in [-0.2, 0) is 0 Å². The van der Waals surface area contributed by atoms with Crippen molar-refractivity contribution >= 4 is 0 Å². The van der Waals surface area contributed by atoms with Gasteiger partial charge in [-0.3, -0.25) is 10.1 Å². The molecule has 0 aromatic heterocycles. The van der Waals surface area contributed by atoms with Gasteiger partial charge in [0.25, 0.3) is 5.70 Å². The lowest BCUT2D eigenvalue weighted by molar-refractivity contribution is -0.418. The molecule has 0 aromatic carbocycles. The lowest BCUT2D eigenvalue weighted by Gasteiger charge is -1.87. The summed E-state index contributed by atoms with van der Waals surface area (Å²) in [6.45, 7) is 6.79. The van der Waals surface area contributed by atoms with Crippen LogP contribution in [0.5, 0.6) is 0 Å². The molecule has 0 heterocycles. The topological polar surface area (TPSA) is 43.1 Å². The summed E-state index contributed by atoms with van der Waals surface area (Å²) in [4.78, 5) is 9.39. The van der Waals surface area contributed by atoms with E-state index in [1.165, 1.54) is 6.08 Å². The molecule has 0 unspecified atom stereocenters. The van der Waals surface area contributed by atoms with Crippen molar-refractivity contribution < 1.29 is 4.92 Å². The van der Waals surface area contributed by atoms with Crippen LogP contribution in [0.1, 0.15) is 13.8 Å². The van der Waals surface area contributed by atoms with Gasteiger partial charge in [0.2, 0.25) is 0 Å². The molecule has 0 fully saturated rings. The monoisotopic (exact) mass is 127 g/mol. The van der Waals surface area contributed by atoms with Gasteiger partial charge in [-0.25, -0.2) is 0 Å². The molecule has 0 radical (unpaired) electrons. The number of rotatable bonds is 2. The summed E-state index contributed by atoms with van der Waals surface area (Å²) in [6, 6.07) is 0. The predicted octanol–water partition coefficient (Wildman–Crippen LogP) is 1.74. The van der Waals surface area contributed by atoms with E-state index in [-0.39, 0.29) is 5.70 Å². The summed E-state index contributed by atoms with van der Waals surface area (Å²) in [5.74, 6) is 0. The largest absolute Gasteiger partial charge is 0.262 e. The summed E-state index contributed by atoms with van der Waals surface area (Å²) < 4.78 is 0. The van der Waals surface area contributed by atoms with E-state index in [4.69, 9.17) is 0 Å². The molecule has 0 rings (SSSR count). The zero-order valence-electron chi connectivity index (χ0n) is 5.55. The van der Waals surface area contributed by atoms with Gasteiger partial charge in [0.05, 0.1) is 4.92 Å². The average Bonchev–Trinajstić information content (AvgIpc) is 1.63. The molecule has 0 atom stereocenters. The summed E-state index contributed by atoms with van der Waals surface area (Å²) in [5, 5.41) is 9.90. The summed E-state index contributed by atoms with van der Waals surface area (Å²) in [6.07, 6.45) is 1.43. The summed E-state index contributed by atoms with van der Waals surface area (Å²) >= 11 is 0. The summed E-state index contributed by atoms with van der Waals surface area (Å²) in [7, 11) is 0. The second-order valence-electron chi connectivity index (χ2n) is 1.97. The molecule has 0 spiro atoms. The molecule has 0 saturated carbocycles. The van der Waals surface area contributed by atoms with Crippen LogP contribution >= 0.6 is 0 Å². The van der Waals surface area contributed by atoms with E-state index in [9.17, 15) is 10.1 Å². The quantitative estimate of drug-likeness (QED) is 0.322. The van der Waals surface area contributed by atoms with Crippen LogP contribution in [0.3, 0.4) is 0 Å². The Kier molecular flexibility index (Phi) is 2.64. The van der Waals surface area contributed by atoms with E-state index in [0.717, 1.165) is 5.57 Å². The smallest absolute Gasteiger partial charge is 0.258 e. The Labute approximate surface area is 53.8 Å². The maximum Gasteiger partial charge on any atom is 0.262 e. The highest BCUT2D eigenvalue weighted by Gasteiger charge is 1.98. The van der Waals surface area contributed by atoms with Crippen LogP contribution in [0.25, 0.3) is 0 Å². The second-order valence-corrected chi connectivity index (χ2v) is 1.97. The van der Waals surface area contributed by atoms with E-state index >= 15 is 0 Å². The fraction of sp³-hybridized carbons (Fsp3) is 0.333. The Bertz CT molecular complexity index is 166. The van der Waals surface area contributed by atoms with Gasteiger partial charge in [-0.15, -0.1) is 0 Å². The first-order valence-corrected chi connectivity index (χ1v) is 2.52. The van der Waals surface area contributed by atoms with Gasteiger partial charge in [0.15, 0.2) is 0 Å². The summed E-state index contributed by atoms with van der Waals surface area (Å²) in [5.41, 5.74) is 0.826. The number of hydrogen-bond donors (Lipinski definition) is 0. The van der Waals surface area contributed by atoms with Crippen molar-refractivity contribution in [2.45, 2.75) is 13.8 Å². The van der Waals surface area contributed by atoms with Gasteiger partial charge in [-0.2, -0.15) is 0 Å². The van der Waals surface area contributed by atoms with Crippen LogP contribution in [-0.4, -0.2) is 4.92 Å². The second kappa shape index (κ2) is 3.02. The maximum absolute atomic E-state index is 9.90. The molecule has 9 heavy (non-hydrogen) atoms. The highest BCUT2D eigenvalue weighted by Crippen LogP contribution is 1.98. The lowest BCUT2D eigenvalue weighted by atomic mass is 10.3. The van der Waals surface area contributed by atoms with E-state index in [1.54, 1.807) is 13.8 Å². The first-order valence-electron chi connectivity index (χ1n) is 2.52. The van der Waals surface area contributed by atoms with Crippen LogP contribution in [0.15, 0.2) is 23.9 Å². The molecule has 0 aliphatic carbocycles. The van der Waals surface area contributed by atoms with Crippen molar-refractivity contribution in [3.8, 4) is 0 Å². The van der Waals surface area contributed by atoms with Gasteiger partial charge in [0.1, 0.15) is 0 Å². The number of hydrogen-bond acceptors (Lipinski definition) is 2. The fourth-order valence-electron chi connectivity index (χ4n) is 0.386. The van der Waals surface area contributed by atoms with Crippen molar-refractivity contribution in [3.63, 3.8) is 0 Å². The van der Waals surface area contributed by atoms with Gasteiger partial charge in [-0.05, 0) is 20.4 Å². The zero-order chi connectivity index (χ0) is 7.44. The molecular formula is C6H9NO2. The van der Waals surface area contributed by atoms with Crippen LogP contribution < -0.4 is 0 Å². The van der Waals surface area contributed by atoms with Crippen molar-refractivity contribution in [3.05, 3.63) is 34.0 Å². The van der Waals surface area contributed by atoms with E-state index in [2.05, 4.69) is 6.58 Å². The number of nitro groups is 1. The molecule has 3 nitrogen and oxygen atoms in total. The lowest BCUT2D eigenvalue weighted by Crippen LogP contribution is -1.92. The molecule has 0 aromatic rings. The molecule has 0 bridgehead atoms.